The van der Waals surface area contributed by atoms with Gasteiger partial charge < -0.3 is 9.47 Å². The zero-order valence-corrected chi connectivity index (χ0v) is 17.8. The quantitative estimate of drug-likeness (QED) is 0.663. The summed E-state index contributed by atoms with van der Waals surface area (Å²) in [6.07, 6.45) is 1.57. The predicted molar refractivity (Wildman–Crippen MR) is 109 cm³/mol. The Kier molecular flexibility index (Phi) is 6.77. The number of hydrogen-bond acceptors (Lipinski definition) is 5. The average Bonchev–Trinajstić information content (AvgIpc) is 2.71. The van der Waals surface area contributed by atoms with Crippen molar-refractivity contribution in [3.05, 3.63) is 52.8 Å². The lowest BCUT2D eigenvalue weighted by Crippen LogP contribution is -2.34. The van der Waals surface area contributed by atoms with Crippen molar-refractivity contribution >= 4 is 10.0 Å². The summed E-state index contributed by atoms with van der Waals surface area (Å²) in [5, 5.41) is 0. The predicted octanol–water partition coefficient (Wildman–Crippen LogP) is 2.88. The van der Waals surface area contributed by atoms with Crippen LogP contribution in [0, 0.1) is 12.7 Å². The number of benzene rings is 2. The molecule has 0 unspecified atom stereocenters. The molecule has 0 amide bonds. The van der Waals surface area contributed by atoms with Gasteiger partial charge in [0.25, 0.3) is 0 Å². The number of hydrogen-bond donors (Lipinski definition) is 1. The van der Waals surface area contributed by atoms with Crippen LogP contribution in [0.4, 0.5) is 4.39 Å². The molecule has 29 heavy (non-hydrogen) atoms. The summed E-state index contributed by atoms with van der Waals surface area (Å²) in [4.78, 5) is 2.28. The molecular weight excluding hydrogens is 395 g/mol. The van der Waals surface area contributed by atoms with Gasteiger partial charge in [0.2, 0.25) is 10.0 Å². The SMILES string of the molecule is COc1cc2c(cc1OC)CN(CCCNS(=O)(=O)c1cc(F)ccc1C)CC2. The Morgan fingerprint density at radius 3 is 2.48 bits per heavy atom. The summed E-state index contributed by atoms with van der Waals surface area (Å²) in [5.41, 5.74) is 2.97. The number of aryl methyl sites for hydroxylation is 1. The van der Waals surface area contributed by atoms with E-state index in [9.17, 15) is 12.8 Å². The fourth-order valence-corrected chi connectivity index (χ4v) is 4.91. The maximum atomic E-state index is 13.4. The number of rotatable bonds is 8. The van der Waals surface area contributed by atoms with Crippen molar-refractivity contribution in [1.29, 1.82) is 0 Å². The van der Waals surface area contributed by atoms with Crippen molar-refractivity contribution in [2.24, 2.45) is 0 Å². The minimum atomic E-state index is -3.72. The molecule has 1 aliphatic heterocycles. The van der Waals surface area contributed by atoms with Crippen molar-refractivity contribution in [3.63, 3.8) is 0 Å². The monoisotopic (exact) mass is 422 g/mol. The van der Waals surface area contributed by atoms with E-state index in [1.807, 2.05) is 12.1 Å². The summed E-state index contributed by atoms with van der Waals surface area (Å²) in [7, 11) is -0.468. The highest BCUT2D eigenvalue weighted by Crippen LogP contribution is 2.33. The first-order valence-corrected chi connectivity index (χ1v) is 11.0. The van der Waals surface area contributed by atoms with Gasteiger partial charge in [-0.05, 0) is 67.3 Å². The average molecular weight is 423 g/mol. The van der Waals surface area contributed by atoms with Gasteiger partial charge in [-0.3, -0.25) is 4.90 Å². The molecule has 0 spiro atoms. The standard InChI is InChI=1S/C21H27FN2O4S/c1-15-5-6-18(22)13-21(15)29(25,26)23-8-4-9-24-10-7-16-11-19(27-2)20(28-3)12-17(16)14-24/h5-6,11-13,23H,4,7-10,14H2,1-3H3. The Labute approximate surface area is 171 Å². The van der Waals surface area contributed by atoms with Crippen LogP contribution < -0.4 is 14.2 Å². The third kappa shape index (κ3) is 5.07. The first-order chi connectivity index (χ1) is 13.8. The number of nitrogens with zero attached hydrogens (tertiary/aromatic N) is 1. The van der Waals surface area contributed by atoms with Gasteiger partial charge in [-0.15, -0.1) is 0 Å². The largest absolute Gasteiger partial charge is 0.493 e. The van der Waals surface area contributed by atoms with Gasteiger partial charge in [-0.25, -0.2) is 17.5 Å². The van der Waals surface area contributed by atoms with Crippen LogP contribution in [0.5, 0.6) is 11.5 Å². The summed E-state index contributed by atoms with van der Waals surface area (Å²) >= 11 is 0. The number of halogens is 1. The number of ether oxygens (including phenoxy) is 2. The second kappa shape index (κ2) is 9.11. The Balaban J connectivity index is 1.55. The Bertz CT molecular complexity index is 979. The minimum absolute atomic E-state index is 0.00885. The number of fused-ring (bicyclic) bond motifs is 1. The van der Waals surface area contributed by atoms with Crippen LogP contribution in [0.3, 0.4) is 0 Å². The molecule has 0 radical (unpaired) electrons. The Morgan fingerprint density at radius 1 is 1.10 bits per heavy atom. The highest BCUT2D eigenvalue weighted by atomic mass is 32.2. The molecule has 0 bridgehead atoms. The van der Waals surface area contributed by atoms with Gasteiger partial charge in [0, 0.05) is 19.6 Å². The number of sulfonamides is 1. The molecule has 6 nitrogen and oxygen atoms in total. The summed E-state index contributed by atoms with van der Waals surface area (Å²) in [6, 6.07) is 7.82. The number of methoxy groups -OCH3 is 2. The Hall–Kier alpha value is -2.16. The van der Waals surface area contributed by atoms with E-state index in [2.05, 4.69) is 9.62 Å². The first-order valence-electron chi connectivity index (χ1n) is 9.56. The van der Waals surface area contributed by atoms with Gasteiger partial charge in [-0.1, -0.05) is 6.07 Å². The van der Waals surface area contributed by atoms with E-state index in [1.165, 1.54) is 23.3 Å². The van der Waals surface area contributed by atoms with E-state index in [4.69, 9.17) is 9.47 Å². The molecule has 0 saturated heterocycles. The fraction of sp³-hybridized carbons (Fsp3) is 0.429. The van der Waals surface area contributed by atoms with Crippen LogP contribution in [0.25, 0.3) is 0 Å². The Morgan fingerprint density at radius 2 is 1.79 bits per heavy atom. The van der Waals surface area contributed by atoms with E-state index in [0.717, 1.165) is 37.9 Å². The smallest absolute Gasteiger partial charge is 0.240 e. The molecule has 0 atom stereocenters. The van der Waals surface area contributed by atoms with Gasteiger partial charge >= 0.3 is 0 Å². The maximum absolute atomic E-state index is 13.4. The molecule has 3 rings (SSSR count). The third-order valence-corrected chi connectivity index (χ3v) is 6.78. The lowest BCUT2D eigenvalue weighted by molar-refractivity contribution is 0.250. The van der Waals surface area contributed by atoms with Gasteiger partial charge in [0.1, 0.15) is 5.82 Å². The van der Waals surface area contributed by atoms with Gasteiger partial charge in [0.05, 0.1) is 19.1 Å². The minimum Gasteiger partial charge on any atom is -0.493 e. The molecular formula is C21H27FN2O4S. The highest BCUT2D eigenvalue weighted by Gasteiger charge is 2.20. The van der Waals surface area contributed by atoms with Crippen LogP contribution in [0.15, 0.2) is 35.2 Å². The van der Waals surface area contributed by atoms with E-state index < -0.39 is 15.8 Å². The molecule has 8 heteroatoms. The van der Waals surface area contributed by atoms with E-state index >= 15 is 0 Å². The second-order valence-corrected chi connectivity index (χ2v) is 8.90. The normalized spacial score (nSPS) is 14.5. The zero-order chi connectivity index (χ0) is 21.0. The van der Waals surface area contributed by atoms with E-state index in [-0.39, 0.29) is 4.90 Å². The fourth-order valence-electron chi connectivity index (χ4n) is 3.58. The van der Waals surface area contributed by atoms with Crippen molar-refractivity contribution < 1.29 is 22.3 Å². The molecule has 0 aromatic heterocycles. The van der Waals surface area contributed by atoms with Gasteiger partial charge in [-0.2, -0.15) is 0 Å². The van der Waals surface area contributed by atoms with Crippen molar-refractivity contribution in [2.45, 2.75) is 31.2 Å². The molecule has 0 saturated carbocycles. The van der Waals surface area contributed by atoms with Gasteiger partial charge in [0.15, 0.2) is 11.5 Å². The molecule has 1 aliphatic rings. The topological polar surface area (TPSA) is 67.9 Å². The second-order valence-electron chi connectivity index (χ2n) is 7.16. The van der Waals surface area contributed by atoms with Crippen molar-refractivity contribution in [3.8, 4) is 11.5 Å². The van der Waals surface area contributed by atoms with Crippen molar-refractivity contribution in [2.75, 3.05) is 33.9 Å². The zero-order valence-electron chi connectivity index (χ0n) is 17.0. The molecule has 0 aliphatic carbocycles. The van der Waals surface area contributed by atoms with Crippen LogP contribution in [0.2, 0.25) is 0 Å². The first kappa shape index (κ1) is 21.5. The molecule has 1 heterocycles. The molecule has 1 N–H and O–H groups in total. The summed E-state index contributed by atoms with van der Waals surface area (Å²) in [5.74, 6) is 0.892. The van der Waals surface area contributed by atoms with Crippen molar-refractivity contribution in [1.82, 2.24) is 9.62 Å². The summed E-state index contributed by atoms with van der Waals surface area (Å²) < 4.78 is 51.6. The van der Waals surface area contributed by atoms with Crippen LogP contribution in [-0.2, 0) is 23.0 Å². The third-order valence-electron chi connectivity index (χ3n) is 5.18. The molecule has 0 fully saturated rings. The van der Waals surface area contributed by atoms with Crippen LogP contribution in [0.1, 0.15) is 23.1 Å². The summed E-state index contributed by atoms with van der Waals surface area (Å²) in [6.45, 7) is 4.40. The van der Waals surface area contributed by atoms with Crippen LogP contribution >= 0.6 is 0 Å². The van der Waals surface area contributed by atoms with Crippen LogP contribution in [-0.4, -0.2) is 47.2 Å². The lowest BCUT2D eigenvalue weighted by atomic mass is 9.98. The molecule has 2 aromatic rings. The highest BCUT2D eigenvalue weighted by molar-refractivity contribution is 7.89. The lowest BCUT2D eigenvalue weighted by Gasteiger charge is -2.29. The molecule has 2 aromatic carbocycles. The molecule has 158 valence electrons. The number of nitrogens with one attached hydrogen (secondary N) is 1. The maximum Gasteiger partial charge on any atom is 0.240 e. The van der Waals surface area contributed by atoms with E-state index in [1.54, 1.807) is 21.1 Å². The van der Waals surface area contributed by atoms with E-state index in [0.29, 0.717) is 24.3 Å².